The first-order valence-electron chi connectivity index (χ1n) is 6.48. The van der Waals surface area contributed by atoms with Gasteiger partial charge in [0, 0.05) is 24.2 Å². The summed E-state index contributed by atoms with van der Waals surface area (Å²) in [4.78, 5) is 5.67. The Labute approximate surface area is 109 Å². The number of unbranched alkanes of at least 4 members (excludes halogenated alkanes) is 1. The van der Waals surface area contributed by atoms with E-state index < -0.39 is 0 Å². The zero-order valence-corrected chi connectivity index (χ0v) is 12.0. The first-order valence-corrected chi connectivity index (χ1v) is 7.30. The molecule has 1 N–H and O–H groups in total. The average Bonchev–Trinajstić information content (AvgIpc) is 2.75. The van der Waals surface area contributed by atoms with Crippen LogP contribution in [0.3, 0.4) is 0 Å². The van der Waals surface area contributed by atoms with Crippen LogP contribution in [0.2, 0.25) is 0 Å². The fourth-order valence-electron chi connectivity index (χ4n) is 1.48. The predicted octanol–water partition coefficient (Wildman–Crippen LogP) is 3.00. The van der Waals surface area contributed by atoms with Gasteiger partial charge in [-0.2, -0.15) is 0 Å². The Bertz CT molecular complexity index is 299. The molecule has 0 radical (unpaired) electrons. The molecular formula is C13H24N2OS. The van der Waals surface area contributed by atoms with E-state index in [1.807, 2.05) is 6.20 Å². The lowest BCUT2D eigenvalue weighted by Gasteiger charge is -2.07. The van der Waals surface area contributed by atoms with E-state index in [0.29, 0.717) is 6.10 Å². The molecule has 1 aromatic heterocycles. The predicted molar refractivity (Wildman–Crippen MR) is 73.5 cm³/mol. The van der Waals surface area contributed by atoms with Crippen molar-refractivity contribution in [3.8, 4) is 0 Å². The summed E-state index contributed by atoms with van der Waals surface area (Å²) >= 11 is 1.81. The first-order chi connectivity index (χ1) is 8.22. The lowest BCUT2D eigenvalue weighted by molar-refractivity contribution is 0.0760. The van der Waals surface area contributed by atoms with E-state index in [2.05, 4.69) is 31.1 Å². The van der Waals surface area contributed by atoms with Crippen LogP contribution in [0, 0.1) is 0 Å². The van der Waals surface area contributed by atoms with Crippen LogP contribution in [0.5, 0.6) is 0 Å². The maximum Gasteiger partial charge on any atom is 0.0925 e. The number of hydrogen-bond donors (Lipinski definition) is 1. The normalized spacial score (nSPS) is 11.3. The Morgan fingerprint density at radius 1 is 1.41 bits per heavy atom. The number of hydrogen-bond acceptors (Lipinski definition) is 4. The minimum Gasteiger partial charge on any atom is -0.379 e. The molecule has 0 spiro atoms. The van der Waals surface area contributed by atoms with Crippen molar-refractivity contribution in [2.75, 3.05) is 13.2 Å². The standard InChI is InChI=1S/C13H24N2OS/c1-4-13-15-10-12(17-13)9-14-7-5-6-8-16-11(2)3/h10-11,14H,4-9H2,1-3H3. The number of nitrogens with one attached hydrogen (secondary N) is 1. The van der Waals surface area contributed by atoms with Gasteiger partial charge in [0.2, 0.25) is 0 Å². The van der Waals surface area contributed by atoms with E-state index in [9.17, 15) is 0 Å². The molecule has 0 atom stereocenters. The van der Waals surface area contributed by atoms with Crippen molar-refractivity contribution in [3.05, 3.63) is 16.1 Å². The molecule has 0 saturated carbocycles. The number of aromatic nitrogens is 1. The van der Waals surface area contributed by atoms with Crippen LogP contribution < -0.4 is 5.32 Å². The number of thiazole rings is 1. The summed E-state index contributed by atoms with van der Waals surface area (Å²) in [6, 6.07) is 0. The number of rotatable bonds is 9. The molecule has 0 aromatic carbocycles. The van der Waals surface area contributed by atoms with Gasteiger partial charge < -0.3 is 10.1 Å². The Hall–Kier alpha value is -0.450. The molecule has 4 heteroatoms. The van der Waals surface area contributed by atoms with Gasteiger partial charge in [0.1, 0.15) is 0 Å². The van der Waals surface area contributed by atoms with Gasteiger partial charge in [-0.3, -0.25) is 0 Å². The minimum atomic E-state index is 0.354. The molecule has 98 valence electrons. The molecule has 1 aromatic rings. The van der Waals surface area contributed by atoms with Crippen molar-refractivity contribution in [3.63, 3.8) is 0 Å². The maximum atomic E-state index is 5.49. The van der Waals surface area contributed by atoms with E-state index in [4.69, 9.17) is 4.74 Å². The van der Waals surface area contributed by atoms with Gasteiger partial charge in [-0.25, -0.2) is 4.98 Å². The number of ether oxygens (including phenoxy) is 1. The van der Waals surface area contributed by atoms with Gasteiger partial charge >= 0.3 is 0 Å². The van der Waals surface area contributed by atoms with Crippen molar-refractivity contribution in [2.45, 2.75) is 52.7 Å². The highest BCUT2D eigenvalue weighted by atomic mass is 32.1. The molecule has 0 aliphatic carbocycles. The summed E-state index contributed by atoms with van der Waals surface area (Å²) in [5.74, 6) is 0. The maximum absolute atomic E-state index is 5.49. The molecular weight excluding hydrogens is 232 g/mol. The molecule has 0 aliphatic heterocycles. The molecule has 0 unspecified atom stereocenters. The highest BCUT2D eigenvalue weighted by Gasteiger charge is 1.99. The fourth-order valence-corrected chi connectivity index (χ4v) is 2.31. The molecule has 1 rings (SSSR count). The number of aryl methyl sites for hydroxylation is 1. The summed E-state index contributed by atoms with van der Waals surface area (Å²) in [6.07, 6.45) is 5.68. The Morgan fingerprint density at radius 2 is 2.24 bits per heavy atom. The van der Waals surface area contributed by atoms with Gasteiger partial charge in [0.05, 0.1) is 11.1 Å². The average molecular weight is 256 g/mol. The molecule has 0 aliphatic rings. The van der Waals surface area contributed by atoms with Crippen LogP contribution in [0.15, 0.2) is 6.20 Å². The smallest absolute Gasteiger partial charge is 0.0925 e. The minimum absolute atomic E-state index is 0.354. The largest absolute Gasteiger partial charge is 0.379 e. The highest BCUT2D eigenvalue weighted by molar-refractivity contribution is 7.11. The zero-order valence-electron chi connectivity index (χ0n) is 11.2. The van der Waals surface area contributed by atoms with Crippen LogP contribution >= 0.6 is 11.3 Å². The van der Waals surface area contributed by atoms with Crippen molar-refractivity contribution in [1.82, 2.24) is 10.3 Å². The Morgan fingerprint density at radius 3 is 2.88 bits per heavy atom. The molecule has 1 heterocycles. The van der Waals surface area contributed by atoms with Gasteiger partial charge in [0.15, 0.2) is 0 Å². The second kappa shape index (κ2) is 8.61. The summed E-state index contributed by atoms with van der Waals surface area (Å²) in [5, 5.41) is 4.67. The molecule has 3 nitrogen and oxygen atoms in total. The Balaban J connectivity index is 1.97. The monoisotopic (exact) mass is 256 g/mol. The van der Waals surface area contributed by atoms with E-state index in [-0.39, 0.29) is 0 Å². The molecule has 0 fully saturated rings. The van der Waals surface area contributed by atoms with E-state index >= 15 is 0 Å². The quantitative estimate of drug-likeness (QED) is 0.690. The van der Waals surface area contributed by atoms with E-state index in [0.717, 1.165) is 32.5 Å². The van der Waals surface area contributed by atoms with Gasteiger partial charge in [0.25, 0.3) is 0 Å². The lowest BCUT2D eigenvalue weighted by Crippen LogP contribution is -2.15. The zero-order chi connectivity index (χ0) is 12.5. The van der Waals surface area contributed by atoms with Crippen LogP contribution in [0.4, 0.5) is 0 Å². The summed E-state index contributed by atoms with van der Waals surface area (Å²) in [6.45, 7) is 9.18. The van der Waals surface area contributed by atoms with Crippen molar-refractivity contribution >= 4 is 11.3 Å². The SMILES string of the molecule is CCc1ncc(CNCCCCOC(C)C)s1. The third-order valence-corrected chi connectivity index (χ3v) is 3.54. The van der Waals surface area contributed by atoms with Crippen molar-refractivity contribution in [2.24, 2.45) is 0 Å². The van der Waals surface area contributed by atoms with Crippen molar-refractivity contribution in [1.29, 1.82) is 0 Å². The Kier molecular flexibility index (Phi) is 7.40. The van der Waals surface area contributed by atoms with E-state index in [1.54, 1.807) is 11.3 Å². The molecule has 17 heavy (non-hydrogen) atoms. The van der Waals surface area contributed by atoms with E-state index in [1.165, 1.54) is 16.3 Å². The summed E-state index contributed by atoms with van der Waals surface area (Å²) < 4.78 is 5.49. The highest BCUT2D eigenvalue weighted by Crippen LogP contribution is 2.12. The molecule has 0 amide bonds. The van der Waals surface area contributed by atoms with Gasteiger partial charge in [-0.05, 0) is 39.7 Å². The van der Waals surface area contributed by atoms with Crippen LogP contribution in [-0.2, 0) is 17.7 Å². The third-order valence-electron chi connectivity index (χ3n) is 2.40. The fraction of sp³-hybridized carbons (Fsp3) is 0.769. The van der Waals surface area contributed by atoms with Crippen molar-refractivity contribution < 1.29 is 4.74 Å². The summed E-state index contributed by atoms with van der Waals surface area (Å²) in [5.41, 5.74) is 0. The van der Waals surface area contributed by atoms with Gasteiger partial charge in [-0.15, -0.1) is 11.3 Å². The van der Waals surface area contributed by atoms with Crippen LogP contribution in [0.25, 0.3) is 0 Å². The van der Waals surface area contributed by atoms with Crippen LogP contribution in [0.1, 0.15) is 43.5 Å². The lowest BCUT2D eigenvalue weighted by atomic mass is 10.3. The third kappa shape index (κ3) is 6.76. The molecule has 0 saturated heterocycles. The summed E-state index contributed by atoms with van der Waals surface area (Å²) in [7, 11) is 0. The number of nitrogens with zero attached hydrogens (tertiary/aromatic N) is 1. The topological polar surface area (TPSA) is 34.2 Å². The molecule has 0 bridgehead atoms. The second-order valence-electron chi connectivity index (χ2n) is 4.38. The van der Waals surface area contributed by atoms with Crippen LogP contribution in [-0.4, -0.2) is 24.2 Å². The first kappa shape index (κ1) is 14.6. The second-order valence-corrected chi connectivity index (χ2v) is 5.58. The van der Waals surface area contributed by atoms with Gasteiger partial charge in [-0.1, -0.05) is 6.92 Å².